The molecule has 5 atom stereocenters. The number of nitrogen functional groups attached to an aromatic ring is 1. The van der Waals surface area contributed by atoms with Gasteiger partial charge < -0.3 is 30.2 Å². The molecule has 3 aromatic rings. The average molecular weight is 684 g/mol. The molecule has 17 heteroatoms. The highest BCUT2D eigenvalue weighted by atomic mass is 19.4. The second kappa shape index (κ2) is 10.6. The molecular weight excluding hydrogens is 651 g/mol. The van der Waals surface area contributed by atoms with E-state index in [1.807, 2.05) is 9.80 Å². The van der Waals surface area contributed by atoms with Crippen LogP contribution in [0.3, 0.4) is 0 Å². The van der Waals surface area contributed by atoms with Crippen molar-refractivity contribution in [3.63, 3.8) is 0 Å². The molecule has 3 N–H and O–H groups in total. The molecule has 5 aliphatic rings. The molecule has 4 aliphatic heterocycles. The van der Waals surface area contributed by atoms with Gasteiger partial charge in [0.15, 0.2) is 5.82 Å². The Balaban J connectivity index is 1.26. The zero-order valence-electron chi connectivity index (χ0n) is 25.9. The van der Waals surface area contributed by atoms with E-state index in [-0.39, 0.29) is 41.8 Å². The van der Waals surface area contributed by atoms with Crippen molar-refractivity contribution in [2.45, 2.75) is 63.1 Å². The van der Waals surface area contributed by atoms with Gasteiger partial charge in [0, 0.05) is 50.7 Å². The number of aromatic nitrogens is 3. The summed E-state index contributed by atoms with van der Waals surface area (Å²) in [7, 11) is 0. The first-order valence-corrected chi connectivity index (χ1v) is 15.7. The highest BCUT2D eigenvalue weighted by Crippen LogP contribution is 2.61. The SMILES string of the molecule is Cc1c(F)c(N)cc(-c2nc3c4c(nc(OC[C@]5(CN6C[C@H]7C[C@@H]6CO7)CC5(F)F)nc4c2F)N2CCNC[C@H]2[C@H](C)O3)c1C(F)(F)F. The molecule has 4 fully saturated rings. The predicted octanol–water partition coefficient (Wildman–Crippen LogP) is 4.32. The number of hydrogen-bond acceptors (Lipinski definition) is 10. The van der Waals surface area contributed by atoms with Crippen molar-refractivity contribution < 1.29 is 44.9 Å². The van der Waals surface area contributed by atoms with Gasteiger partial charge in [-0.1, -0.05) is 0 Å². The van der Waals surface area contributed by atoms with Gasteiger partial charge in [-0.05, 0) is 31.9 Å². The van der Waals surface area contributed by atoms with Gasteiger partial charge in [0.05, 0.1) is 35.4 Å². The third kappa shape index (κ3) is 4.82. The molecule has 0 amide bonds. The third-order valence-corrected chi connectivity index (χ3v) is 10.4. The van der Waals surface area contributed by atoms with Gasteiger partial charge >= 0.3 is 12.2 Å². The van der Waals surface area contributed by atoms with Crippen LogP contribution in [-0.4, -0.2) is 96.0 Å². The van der Waals surface area contributed by atoms with Crippen molar-refractivity contribution in [1.29, 1.82) is 0 Å². The summed E-state index contributed by atoms with van der Waals surface area (Å²) in [5.41, 5.74) is -0.851. The van der Waals surface area contributed by atoms with Gasteiger partial charge in [-0.2, -0.15) is 23.1 Å². The molecule has 1 saturated carbocycles. The molecule has 6 heterocycles. The summed E-state index contributed by atoms with van der Waals surface area (Å²) >= 11 is 0. The van der Waals surface area contributed by atoms with Crippen molar-refractivity contribution in [3.8, 4) is 23.1 Å². The van der Waals surface area contributed by atoms with Crippen LogP contribution in [0.15, 0.2) is 6.07 Å². The predicted molar refractivity (Wildman–Crippen MR) is 158 cm³/mol. The maximum atomic E-state index is 16.7. The molecule has 10 nitrogen and oxygen atoms in total. The maximum absolute atomic E-state index is 16.7. The first-order chi connectivity index (χ1) is 22.7. The highest BCUT2D eigenvalue weighted by molar-refractivity contribution is 5.97. The molecule has 0 spiro atoms. The standard InChI is InChI=1S/C31H32F7N7O3/c1-13-21(31(36,37)38)17(6-18(39)22(13)32)24-23(33)25-20-26(45-4-3-40-7-19(45)14(2)48-27(20)41-24)43-28(42-25)47-12-29(10-30(29,34)35)11-44-8-16-5-15(44)9-46-16/h6,14-16,19,40H,3-5,7-12,39H2,1-2H3/t14-,15+,16+,19-,29+/m0/s1. The number of rotatable bonds is 6. The Morgan fingerprint density at radius 2 is 1.94 bits per heavy atom. The number of benzene rings is 1. The Bertz CT molecular complexity index is 1830. The van der Waals surface area contributed by atoms with Crippen LogP contribution in [0.1, 0.15) is 30.9 Å². The van der Waals surface area contributed by atoms with Gasteiger partial charge in [0.1, 0.15) is 40.9 Å². The number of likely N-dealkylation sites (tertiary alicyclic amines) is 1. The summed E-state index contributed by atoms with van der Waals surface area (Å²) in [5.74, 6) is -5.69. The number of fused-ring (bicyclic) bond motifs is 4. The van der Waals surface area contributed by atoms with Crippen LogP contribution in [0.25, 0.3) is 22.2 Å². The minimum absolute atomic E-state index is 0.0101. The molecule has 0 unspecified atom stereocenters. The Morgan fingerprint density at radius 1 is 1.17 bits per heavy atom. The van der Waals surface area contributed by atoms with Crippen LogP contribution < -0.4 is 25.4 Å². The lowest BCUT2D eigenvalue weighted by atomic mass is 9.96. The molecule has 2 aromatic heterocycles. The summed E-state index contributed by atoms with van der Waals surface area (Å²) in [4.78, 5) is 16.8. The Kier molecular flexibility index (Phi) is 7.00. The first-order valence-electron chi connectivity index (χ1n) is 15.7. The van der Waals surface area contributed by atoms with E-state index in [1.54, 1.807) is 6.92 Å². The lowest BCUT2D eigenvalue weighted by Gasteiger charge is -2.38. The van der Waals surface area contributed by atoms with Crippen LogP contribution in [0.2, 0.25) is 0 Å². The van der Waals surface area contributed by atoms with E-state index >= 15 is 4.39 Å². The molecule has 3 saturated heterocycles. The second-order valence-electron chi connectivity index (χ2n) is 13.5. The van der Waals surface area contributed by atoms with E-state index in [4.69, 9.17) is 19.9 Å². The number of hydrogen-bond donors (Lipinski definition) is 2. The van der Waals surface area contributed by atoms with E-state index < -0.39 is 87.9 Å². The number of morpholine rings is 1. The summed E-state index contributed by atoms with van der Waals surface area (Å²) < 4.78 is 122. The fourth-order valence-electron chi connectivity index (χ4n) is 7.69. The monoisotopic (exact) mass is 683 g/mol. The normalized spacial score (nSPS) is 29.1. The lowest BCUT2D eigenvalue weighted by molar-refractivity contribution is -0.137. The summed E-state index contributed by atoms with van der Waals surface area (Å²) in [6.45, 7) is 4.57. The van der Waals surface area contributed by atoms with Crippen LogP contribution >= 0.6 is 0 Å². The summed E-state index contributed by atoms with van der Waals surface area (Å²) in [5, 5.41) is 3.24. The number of alkyl halides is 5. The van der Waals surface area contributed by atoms with E-state index in [0.717, 1.165) is 13.3 Å². The highest BCUT2D eigenvalue weighted by Gasteiger charge is 2.72. The fraction of sp³-hybridized carbons (Fsp3) is 0.581. The van der Waals surface area contributed by atoms with Crippen molar-refractivity contribution in [2.24, 2.45) is 5.41 Å². The van der Waals surface area contributed by atoms with Gasteiger partial charge in [-0.3, -0.25) is 4.90 Å². The lowest BCUT2D eigenvalue weighted by Crippen LogP contribution is -2.56. The minimum Gasteiger partial charge on any atom is -0.472 e. The molecule has 48 heavy (non-hydrogen) atoms. The number of nitrogens with zero attached hydrogens (tertiary/aromatic N) is 5. The number of halogens is 7. The Hall–Kier alpha value is -3.70. The van der Waals surface area contributed by atoms with Crippen molar-refractivity contribution in [1.82, 2.24) is 25.2 Å². The number of anilines is 2. The van der Waals surface area contributed by atoms with Crippen molar-refractivity contribution in [2.75, 3.05) is 56.6 Å². The largest absolute Gasteiger partial charge is 0.472 e. The van der Waals surface area contributed by atoms with E-state index in [2.05, 4.69) is 20.3 Å². The van der Waals surface area contributed by atoms with Crippen LogP contribution in [-0.2, 0) is 10.9 Å². The topological polar surface area (TPSA) is 111 Å². The van der Waals surface area contributed by atoms with E-state index in [1.165, 1.54) is 0 Å². The number of nitrogens with one attached hydrogen (secondary N) is 1. The van der Waals surface area contributed by atoms with Crippen molar-refractivity contribution in [3.05, 3.63) is 28.8 Å². The zero-order chi connectivity index (χ0) is 33.9. The van der Waals surface area contributed by atoms with E-state index in [9.17, 15) is 26.3 Å². The van der Waals surface area contributed by atoms with Crippen LogP contribution in [0.4, 0.5) is 42.2 Å². The fourth-order valence-corrected chi connectivity index (χ4v) is 7.69. The van der Waals surface area contributed by atoms with Gasteiger partial charge in [-0.15, -0.1) is 0 Å². The number of pyridine rings is 1. The zero-order valence-corrected chi connectivity index (χ0v) is 25.9. The smallest absolute Gasteiger partial charge is 0.417 e. The maximum Gasteiger partial charge on any atom is 0.417 e. The molecule has 8 rings (SSSR count). The number of nitrogens with two attached hydrogens (primary N) is 1. The molecular formula is C31H32F7N7O3. The number of ether oxygens (including phenoxy) is 3. The Labute approximate surface area is 269 Å². The minimum atomic E-state index is -5.11. The third-order valence-electron chi connectivity index (χ3n) is 10.4. The molecule has 1 aliphatic carbocycles. The quantitative estimate of drug-likeness (QED) is 0.288. The first kappa shape index (κ1) is 31.6. The van der Waals surface area contributed by atoms with Gasteiger partial charge in [0.25, 0.3) is 5.92 Å². The number of piperazine rings is 1. The van der Waals surface area contributed by atoms with Crippen molar-refractivity contribution >= 4 is 22.4 Å². The van der Waals surface area contributed by atoms with Crippen LogP contribution in [0.5, 0.6) is 11.9 Å². The molecule has 258 valence electrons. The molecule has 0 radical (unpaired) electrons. The Morgan fingerprint density at radius 3 is 2.60 bits per heavy atom. The second-order valence-corrected chi connectivity index (χ2v) is 13.5. The van der Waals surface area contributed by atoms with Crippen LogP contribution in [0, 0.1) is 24.0 Å². The molecule has 1 aromatic carbocycles. The van der Waals surface area contributed by atoms with E-state index in [0.29, 0.717) is 38.9 Å². The summed E-state index contributed by atoms with van der Waals surface area (Å²) in [6, 6.07) is -0.0711. The van der Waals surface area contributed by atoms with Gasteiger partial charge in [-0.25, -0.2) is 22.5 Å². The summed E-state index contributed by atoms with van der Waals surface area (Å²) in [6.07, 6.45) is -5.35. The van der Waals surface area contributed by atoms with Gasteiger partial charge in [0.2, 0.25) is 5.88 Å². The molecule has 2 bridgehead atoms. The average Bonchev–Trinajstić information content (AvgIpc) is 3.31.